The summed E-state index contributed by atoms with van der Waals surface area (Å²) >= 11 is 0. The highest BCUT2D eigenvalue weighted by Gasteiger charge is 2.32. The Kier molecular flexibility index (Phi) is 4.24. The molecule has 0 N–H and O–H groups in total. The third-order valence-electron chi connectivity index (χ3n) is 4.59. The van der Waals surface area contributed by atoms with Crippen molar-refractivity contribution in [3.05, 3.63) is 46.1 Å². The SMILES string of the molecule is O=[N+]([O-])c1ccc(N2CCN(c3cc(C(F)(F)F)ccn3)CC2)c2nonc12. The molecule has 1 aromatic carbocycles. The van der Waals surface area contributed by atoms with Crippen LogP contribution in [0.15, 0.2) is 35.1 Å². The van der Waals surface area contributed by atoms with Gasteiger partial charge in [0.05, 0.1) is 16.2 Å². The Labute approximate surface area is 155 Å². The van der Waals surface area contributed by atoms with Gasteiger partial charge in [0.2, 0.25) is 5.52 Å². The number of hydrogen-bond donors (Lipinski definition) is 0. The highest BCUT2D eigenvalue weighted by molar-refractivity contribution is 5.93. The van der Waals surface area contributed by atoms with Crippen molar-refractivity contribution in [2.75, 3.05) is 36.0 Å². The number of nitro benzene ring substituents is 1. The number of halogens is 3. The lowest BCUT2D eigenvalue weighted by Gasteiger charge is -2.36. The molecular weight excluding hydrogens is 381 g/mol. The van der Waals surface area contributed by atoms with Gasteiger partial charge in [-0.1, -0.05) is 0 Å². The van der Waals surface area contributed by atoms with Gasteiger partial charge in [0.1, 0.15) is 5.82 Å². The molecule has 3 aromatic rings. The largest absolute Gasteiger partial charge is 0.416 e. The van der Waals surface area contributed by atoms with E-state index in [1.165, 1.54) is 6.07 Å². The molecule has 1 fully saturated rings. The van der Waals surface area contributed by atoms with E-state index in [2.05, 4.69) is 19.9 Å². The normalized spacial score (nSPS) is 15.2. The maximum atomic E-state index is 12.9. The highest BCUT2D eigenvalue weighted by atomic mass is 19.4. The van der Waals surface area contributed by atoms with Crippen molar-refractivity contribution in [1.29, 1.82) is 0 Å². The van der Waals surface area contributed by atoms with Crippen molar-refractivity contribution in [1.82, 2.24) is 15.3 Å². The van der Waals surface area contributed by atoms with Crippen LogP contribution in [0, 0.1) is 10.1 Å². The summed E-state index contributed by atoms with van der Waals surface area (Å²) in [5, 5.41) is 18.5. The summed E-state index contributed by atoms with van der Waals surface area (Å²) in [6, 6.07) is 4.87. The van der Waals surface area contributed by atoms with Gasteiger partial charge in [-0.3, -0.25) is 10.1 Å². The van der Waals surface area contributed by atoms with Gasteiger partial charge in [0, 0.05) is 38.4 Å². The minimum atomic E-state index is -4.43. The number of hydrogen-bond acceptors (Lipinski definition) is 8. The summed E-state index contributed by atoms with van der Waals surface area (Å²) in [6.07, 6.45) is -3.28. The Bertz CT molecular complexity index is 1030. The van der Waals surface area contributed by atoms with E-state index in [1.807, 2.05) is 4.90 Å². The molecule has 28 heavy (non-hydrogen) atoms. The number of alkyl halides is 3. The number of anilines is 2. The zero-order valence-electron chi connectivity index (χ0n) is 14.3. The quantitative estimate of drug-likeness (QED) is 0.494. The Balaban J connectivity index is 1.54. The third kappa shape index (κ3) is 3.17. The van der Waals surface area contributed by atoms with Crippen molar-refractivity contribution in [2.24, 2.45) is 0 Å². The predicted octanol–water partition coefficient (Wildman–Crippen LogP) is 2.87. The predicted molar refractivity (Wildman–Crippen MR) is 92.1 cm³/mol. The lowest BCUT2D eigenvalue weighted by molar-refractivity contribution is -0.383. The lowest BCUT2D eigenvalue weighted by atomic mass is 10.2. The van der Waals surface area contributed by atoms with Gasteiger partial charge in [-0.2, -0.15) is 13.2 Å². The number of fused-ring (bicyclic) bond motifs is 1. The molecule has 0 unspecified atom stereocenters. The molecule has 1 saturated heterocycles. The summed E-state index contributed by atoms with van der Waals surface area (Å²) in [4.78, 5) is 18.3. The van der Waals surface area contributed by atoms with Crippen LogP contribution in [-0.2, 0) is 6.18 Å². The summed E-state index contributed by atoms with van der Waals surface area (Å²) in [5.74, 6) is 0.256. The van der Waals surface area contributed by atoms with E-state index in [4.69, 9.17) is 0 Å². The van der Waals surface area contributed by atoms with Gasteiger partial charge >= 0.3 is 11.9 Å². The first-order valence-corrected chi connectivity index (χ1v) is 8.27. The molecule has 1 aliphatic rings. The average molecular weight is 394 g/mol. The van der Waals surface area contributed by atoms with E-state index < -0.39 is 16.7 Å². The van der Waals surface area contributed by atoms with E-state index in [9.17, 15) is 23.3 Å². The van der Waals surface area contributed by atoms with E-state index in [0.717, 1.165) is 18.3 Å². The highest BCUT2D eigenvalue weighted by Crippen LogP contribution is 2.33. The number of non-ortho nitro benzene ring substituents is 1. The molecule has 0 atom stereocenters. The Morgan fingerprint density at radius 2 is 1.71 bits per heavy atom. The van der Waals surface area contributed by atoms with E-state index in [1.54, 1.807) is 11.0 Å². The second-order valence-electron chi connectivity index (χ2n) is 6.20. The fourth-order valence-corrected chi connectivity index (χ4v) is 3.19. The first-order valence-electron chi connectivity index (χ1n) is 8.27. The Morgan fingerprint density at radius 3 is 2.39 bits per heavy atom. The van der Waals surface area contributed by atoms with Gasteiger partial charge in [0.15, 0.2) is 5.52 Å². The molecule has 3 heterocycles. The second-order valence-corrected chi connectivity index (χ2v) is 6.20. The standard InChI is InChI=1S/C16H13F3N6O3/c17-16(18,19)10-3-4-20-13(9-10)24-7-5-23(6-8-24)11-1-2-12(25(26)27)15-14(11)21-28-22-15/h1-4,9H,5-8H2. The second kappa shape index (κ2) is 6.62. The molecule has 12 heteroatoms. The zero-order chi connectivity index (χ0) is 19.9. The maximum absolute atomic E-state index is 12.9. The van der Waals surface area contributed by atoms with Crippen LogP contribution in [0.25, 0.3) is 11.0 Å². The topological polar surface area (TPSA) is 101 Å². The van der Waals surface area contributed by atoms with Crippen LogP contribution in [0.1, 0.15) is 5.56 Å². The van der Waals surface area contributed by atoms with Gasteiger partial charge in [-0.05, 0) is 28.5 Å². The number of nitro groups is 1. The number of benzene rings is 1. The van der Waals surface area contributed by atoms with Crippen molar-refractivity contribution in [3.8, 4) is 0 Å². The monoisotopic (exact) mass is 394 g/mol. The van der Waals surface area contributed by atoms with E-state index in [-0.39, 0.29) is 22.5 Å². The van der Waals surface area contributed by atoms with Gasteiger partial charge < -0.3 is 9.80 Å². The first kappa shape index (κ1) is 17.9. The van der Waals surface area contributed by atoms with Gasteiger partial charge in [-0.15, -0.1) is 0 Å². The molecule has 0 radical (unpaired) electrons. The van der Waals surface area contributed by atoms with Crippen molar-refractivity contribution < 1.29 is 22.7 Å². The van der Waals surface area contributed by atoms with Crippen molar-refractivity contribution in [2.45, 2.75) is 6.18 Å². The zero-order valence-corrected chi connectivity index (χ0v) is 14.3. The first-order chi connectivity index (χ1) is 13.3. The number of nitrogens with zero attached hydrogens (tertiary/aromatic N) is 6. The smallest absolute Gasteiger partial charge is 0.366 e. The van der Waals surface area contributed by atoms with Crippen LogP contribution in [0.2, 0.25) is 0 Å². The molecule has 9 nitrogen and oxygen atoms in total. The molecular formula is C16H13F3N6O3. The summed E-state index contributed by atoms with van der Waals surface area (Å²) in [7, 11) is 0. The maximum Gasteiger partial charge on any atom is 0.416 e. The summed E-state index contributed by atoms with van der Waals surface area (Å²) < 4.78 is 43.4. The van der Waals surface area contributed by atoms with E-state index >= 15 is 0 Å². The minimum Gasteiger partial charge on any atom is -0.366 e. The number of rotatable bonds is 3. The fourth-order valence-electron chi connectivity index (χ4n) is 3.19. The molecule has 0 amide bonds. The molecule has 0 aliphatic carbocycles. The molecule has 0 saturated carbocycles. The molecule has 1 aliphatic heterocycles. The summed E-state index contributed by atoms with van der Waals surface area (Å²) in [6.45, 7) is 1.80. The third-order valence-corrected chi connectivity index (χ3v) is 4.59. The average Bonchev–Trinajstić information content (AvgIpc) is 3.16. The minimum absolute atomic E-state index is 0.0597. The van der Waals surface area contributed by atoms with Crippen LogP contribution in [0.3, 0.4) is 0 Å². The van der Waals surface area contributed by atoms with Gasteiger partial charge in [0.25, 0.3) is 0 Å². The van der Waals surface area contributed by atoms with E-state index in [0.29, 0.717) is 31.9 Å². The van der Waals surface area contributed by atoms with Crippen LogP contribution < -0.4 is 9.80 Å². The van der Waals surface area contributed by atoms with Crippen molar-refractivity contribution in [3.63, 3.8) is 0 Å². The van der Waals surface area contributed by atoms with Crippen LogP contribution >= 0.6 is 0 Å². The molecule has 0 spiro atoms. The Morgan fingerprint density at radius 1 is 1.04 bits per heavy atom. The molecule has 2 aromatic heterocycles. The van der Waals surface area contributed by atoms with Crippen LogP contribution in [0.4, 0.5) is 30.4 Å². The number of aromatic nitrogens is 3. The fraction of sp³-hybridized carbons (Fsp3) is 0.312. The van der Waals surface area contributed by atoms with Crippen LogP contribution in [0.5, 0.6) is 0 Å². The lowest BCUT2D eigenvalue weighted by Crippen LogP contribution is -2.47. The van der Waals surface area contributed by atoms with Gasteiger partial charge in [-0.25, -0.2) is 9.61 Å². The van der Waals surface area contributed by atoms with Crippen LogP contribution in [-0.4, -0.2) is 46.4 Å². The van der Waals surface area contributed by atoms with Crippen molar-refractivity contribution >= 4 is 28.2 Å². The molecule has 146 valence electrons. The number of pyridine rings is 1. The molecule has 4 rings (SSSR count). The number of piperazine rings is 1. The molecule has 0 bridgehead atoms. The summed E-state index contributed by atoms with van der Waals surface area (Å²) in [5.41, 5.74) is 0.0142. The Hall–Kier alpha value is -3.44.